The standard InChI is InChI=1S/C14H32N2S/c1-6-7-8-10-14(3,12-15)16(4)13(2)9-11-17-5/h13H,6-12,15H2,1-5H3. The van der Waals surface area contributed by atoms with Crippen molar-refractivity contribution in [1.82, 2.24) is 4.90 Å². The van der Waals surface area contributed by atoms with Crippen LogP contribution in [0.25, 0.3) is 0 Å². The third-order valence-electron chi connectivity index (χ3n) is 4.01. The maximum atomic E-state index is 6.01. The van der Waals surface area contributed by atoms with Crippen LogP contribution in [0.3, 0.4) is 0 Å². The van der Waals surface area contributed by atoms with Gasteiger partial charge in [-0.25, -0.2) is 0 Å². The van der Waals surface area contributed by atoms with Crippen LogP contribution in [-0.4, -0.2) is 42.1 Å². The fourth-order valence-corrected chi connectivity index (χ4v) is 2.77. The number of nitrogens with zero attached hydrogens (tertiary/aromatic N) is 1. The minimum Gasteiger partial charge on any atom is -0.329 e. The summed E-state index contributed by atoms with van der Waals surface area (Å²) in [7, 11) is 2.24. The molecule has 0 rings (SSSR count). The van der Waals surface area contributed by atoms with Crippen LogP contribution in [0.1, 0.15) is 52.9 Å². The molecule has 0 heterocycles. The minimum absolute atomic E-state index is 0.174. The van der Waals surface area contributed by atoms with Crippen LogP contribution in [0.5, 0.6) is 0 Å². The number of nitrogens with two attached hydrogens (primary N) is 1. The summed E-state index contributed by atoms with van der Waals surface area (Å²) in [5, 5.41) is 0. The van der Waals surface area contributed by atoms with Crippen LogP contribution in [0.2, 0.25) is 0 Å². The van der Waals surface area contributed by atoms with Gasteiger partial charge < -0.3 is 5.73 Å². The van der Waals surface area contributed by atoms with Gasteiger partial charge in [-0.2, -0.15) is 11.8 Å². The third-order valence-corrected chi connectivity index (χ3v) is 4.66. The van der Waals surface area contributed by atoms with Crippen molar-refractivity contribution in [2.24, 2.45) is 5.73 Å². The molecule has 2 nitrogen and oxygen atoms in total. The molecule has 0 aromatic heterocycles. The Morgan fingerprint density at radius 2 is 2.00 bits per heavy atom. The number of unbranched alkanes of at least 4 members (excludes halogenated alkanes) is 2. The van der Waals surface area contributed by atoms with Gasteiger partial charge in [-0.3, -0.25) is 4.90 Å². The number of thioether (sulfide) groups is 1. The van der Waals surface area contributed by atoms with Crippen molar-refractivity contribution in [3.8, 4) is 0 Å². The summed E-state index contributed by atoms with van der Waals surface area (Å²) in [5.41, 5.74) is 6.18. The molecule has 0 aliphatic heterocycles. The van der Waals surface area contributed by atoms with E-state index in [-0.39, 0.29) is 5.54 Å². The summed E-state index contributed by atoms with van der Waals surface area (Å²) in [6.45, 7) is 7.66. The second-order valence-corrected chi connectivity index (χ2v) is 6.39. The number of likely N-dealkylation sites (N-methyl/N-ethyl adjacent to an activating group) is 1. The van der Waals surface area contributed by atoms with Gasteiger partial charge in [0.15, 0.2) is 0 Å². The minimum atomic E-state index is 0.174. The lowest BCUT2D eigenvalue weighted by Crippen LogP contribution is -2.53. The van der Waals surface area contributed by atoms with Gasteiger partial charge in [-0.15, -0.1) is 0 Å². The average molecular weight is 260 g/mol. The van der Waals surface area contributed by atoms with Crippen LogP contribution in [0, 0.1) is 0 Å². The first-order valence-electron chi connectivity index (χ1n) is 6.93. The summed E-state index contributed by atoms with van der Waals surface area (Å²) in [6.07, 6.45) is 8.55. The lowest BCUT2D eigenvalue weighted by molar-refractivity contribution is 0.0879. The van der Waals surface area contributed by atoms with Crippen molar-refractivity contribution in [1.29, 1.82) is 0 Å². The smallest absolute Gasteiger partial charge is 0.0303 e. The summed E-state index contributed by atoms with van der Waals surface area (Å²) >= 11 is 1.93. The van der Waals surface area contributed by atoms with E-state index in [2.05, 4.69) is 39.0 Å². The Bertz CT molecular complexity index is 187. The highest BCUT2D eigenvalue weighted by Gasteiger charge is 2.29. The van der Waals surface area contributed by atoms with Gasteiger partial charge in [0.1, 0.15) is 0 Å². The topological polar surface area (TPSA) is 29.3 Å². The van der Waals surface area contributed by atoms with Gasteiger partial charge >= 0.3 is 0 Å². The molecule has 0 aromatic rings. The Hall–Kier alpha value is 0.270. The van der Waals surface area contributed by atoms with Crippen molar-refractivity contribution >= 4 is 11.8 Å². The summed E-state index contributed by atoms with van der Waals surface area (Å²) in [4.78, 5) is 2.50. The molecule has 3 heteroatoms. The molecule has 0 radical (unpaired) electrons. The fourth-order valence-electron chi connectivity index (χ4n) is 2.19. The van der Waals surface area contributed by atoms with Crippen LogP contribution < -0.4 is 5.73 Å². The molecule has 0 aliphatic carbocycles. The number of rotatable bonds is 10. The van der Waals surface area contributed by atoms with Crippen LogP contribution in [0.4, 0.5) is 0 Å². The van der Waals surface area contributed by atoms with Gasteiger partial charge in [0.05, 0.1) is 0 Å². The first-order valence-corrected chi connectivity index (χ1v) is 8.33. The summed E-state index contributed by atoms with van der Waals surface area (Å²) < 4.78 is 0. The van der Waals surface area contributed by atoms with Gasteiger partial charge in [0.25, 0.3) is 0 Å². The first-order chi connectivity index (χ1) is 8.01. The molecule has 0 spiro atoms. The first kappa shape index (κ1) is 17.3. The Morgan fingerprint density at radius 1 is 1.35 bits per heavy atom. The van der Waals surface area contributed by atoms with Crippen LogP contribution >= 0.6 is 11.8 Å². The number of hydrogen-bond donors (Lipinski definition) is 1. The van der Waals surface area contributed by atoms with E-state index in [1.165, 1.54) is 37.9 Å². The summed E-state index contributed by atoms with van der Waals surface area (Å²) in [6, 6.07) is 0.623. The Morgan fingerprint density at radius 3 is 2.47 bits per heavy atom. The second-order valence-electron chi connectivity index (χ2n) is 5.40. The van der Waals surface area contributed by atoms with Gasteiger partial charge in [-0.05, 0) is 45.7 Å². The Balaban J connectivity index is 4.28. The fraction of sp³-hybridized carbons (Fsp3) is 1.00. The highest BCUT2D eigenvalue weighted by molar-refractivity contribution is 7.98. The molecule has 2 atom stereocenters. The molecule has 0 saturated heterocycles. The molecular weight excluding hydrogens is 228 g/mol. The molecule has 0 amide bonds. The predicted molar refractivity (Wildman–Crippen MR) is 81.8 cm³/mol. The third kappa shape index (κ3) is 6.12. The molecule has 17 heavy (non-hydrogen) atoms. The molecule has 2 unspecified atom stereocenters. The van der Waals surface area contributed by atoms with Gasteiger partial charge in [0, 0.05) is 18.1 Å². The zero-order valence-electron chi connectivity index (χ0n) is 12.5. The highest BCUT2D eigenvalue weighted by atomic mass is 32.2. The molecule has 0 fully saturated rings. The van der Waals surface area contributed by atoms with Gasteiger partial charge in [-0.1, -0.05) is 26.2 Å². The van der Waals surface area contributed by atoms with E-state index in [1.807, 2.05) is 11.8 Å². The van der Waals surface area contributed by atoms with E-state index < -0.39 is 0 Å². The van der Waals surface area contributed by atoms with E-state index in [0.717, 1.165) is 6.54 Å². The summed E-state index contributed by atoms with van der Waals surface area (Å²) in [5.74, 6) is 1.24. The van der Waals surface area contributed by atoms with E-state index in [9.17, 15) is 0 Å². The predicted octanol–water partition coefficient (Wildman–Crippen LogP) is 3.36. The van der Waals surface area contributed by atoms with Gasteiger partial charge in [0.2, 0.25) is 0 Å². The SMILES string of the molecule is CCCCCC(C)(CN)N(C)C(C)CCSC. The maximum absolute atomic E-state index is 6.01. The normalized spacial score (nSPS) is 17.1. The lowest BCUT2D eigenvalue weighted by atomic mass is 9.91. The lowest BCUT2D eigenvalue weighted by Gasteiger charge is -2.42. The zero-order chi connectivity index (χ0) is 13.3. The zero-order valence-corrected chi connectivity index (χ0v) is 13.3. The molecule has 2 N–H and O–H groups in total. The largest absolute Gasteiger partial charge is 0.329 e. The average Bonchev–Trinajstić information content (AvgIpc) is 2.35. The highest BCUT2D eigenvalue weighted by Crippen LogP contribution is 2.24. The second kappa shape index (κ2) is 9.23. The number of hydrogen-bond acceptors (Lipinski definition) is 3. The van der Waals surface area contributed by atoms with Crippen molar-refractivity contribution in [2.45, 2.75) is 64.5 Å². The molecule has 0 aliphatic rings. The van der Waals surface area contributed by atoms with E-state index in [0.29, 0.717) is 6.04 Å². The molecule has 0 bridgehead atoms. The van der Waals surface area contributed by atoms with Crippen molar-refractivity contribution in [3.63, 3.8) is 0 Å². The van der Waals surface area contributed by atoms with E-state index in [4.69, 9.17) is 5.73 Å². The van der Waals surface area contributed by atoms with Crippen molar-refractivity contribution in [2.75, 3.05) is 25.6 Å². The molecule has 0 saturated carbocycles. The quantitative estimate of drug-likeness (QED) is 0.611. The molecular formula is C14H32N2S. The van der Waals surface area contributed by atoms with E-state index >= 15 is 0 Å². The molecule has 0 aromatic carbocycles. The molecule has 104 valence electrons. The van der Waals surface area contributed by atoms with Crippen molar-refractivity contribution in [3.05, 3.63) is 0 Å². The van der Waals surface area contributed by atoms with Crippen LogP contribution in [-0.2, 0) is 0 Å². The maximum Gasteiger partial charge on any atom is 0.0303 e. The van der Waals surface area contributed by atoms with Crippen LogP contribution in [0.15, 0.2) is 0 Å². The Labute approximate surface area is 113 Å². The van der Waals surface area contributed by atoms with E-state index in [1.54, 1.807) is 0 Å². The monoisotopic (exact) mass is 260 g/mol. The van der Waals surface area contributed by atoms with Crippen molar-refractivity contribution < 1.29 is 0 Å². The Kier molecular flexibility index (Phi) is 9.38.